The third-order valence-corrected chi connectivity index (χ3v) is 5.29. The molecule has 3 aromatic rings. The summed E-state index contributed by atoms with van der Waals surface area (Å²) in [5, 5.41) is 12.7. The number of nitrogens with zero attached hydrogens (tertiary/aromatic N) is 3. The zero-order valence-corrected chi connectivity index (χ0v) is 14.4. The monoisotopic (exact) mass is 340 g/mol. The Balaban J connectivity index is 1.93. The molecule has 1 aliphatic heterocycles. The van der Waals surface area contributed by atoms with Crippen LogP contribution in [0.5, 0.6) is 0 Å². The van der Waals surface area contributed by atoms with Crippen LogP contribution in [0.4, 0.5) is 5.69 Å². The molecule has 0 radical (unpaired) electrons. The van der Waals surface area contributed by atoms with Crippen molar-refractivity contribution in [2.45, 2.75) is 16.3 Å². The molecule has 6 nitrogen and oxygen atoms in total. The smallest absolute Gasteiger partial charge is 0.121 e. The Morgan fingerprint density at radius 1 is 1.21 bits per heavy atom. The number of fused-ring (bicyclic) bond motifs is 2. The molecule has 7 heteroatoms. The number of hydrogen-bond donors (Lipinski definition) is 3. The van der Waals surface area contributed by atoms with E-state index < -0.39 is 0 Å². The molecule has 1 aliphatic rings. The van der Waals surface area contributed by atoms with Gasteiger partial charge in [0.1, 0.15) is 11.4 Å². The fourth-order valence-electron chi connectivity index (χ4n) is 3.01. The van der Waals surface area contributed by atoms with E-state index in [1.54, 1.807) is 11.8 Å². The Kier molecular flexibility index (Phi) is 4.13. The minimum Gasteiger partial charge on any atom is -0.383 e. The SMILES string of the molecule is CNCCn1nc2c3c(c(NCCN)ccc31)Sc1cccnc1-2. The van der Waals surface area contributed by atoms with E-state index in [2.05, 4.69) is 38.5 Å². The Morgan fingerprint density at radius 2 is 2.12 bits per heavy atom. The minimum atomic E-state index is 0.606. The highest BCUT2D eigenvalue weighted by Gasteiger charge is 2.26. The molecule has 0 fully saturated rings. The summed E-state index contributed by atoms with van der Waals surface area (Å²) in [6, 6.07) is 8.34. The number of likely N-dealkylation sites (N-methyl/N-ethyl adjacent to an activating group) is 1. The average Bonchev–Trinajstić information content (AvgIpc) is 2.99. The number of benzene rings is 1. The molecule has 0 amide bonds. The van der Waals surface area contributed by atoms with Crippen molar-refractivity contribution in [2.75, 3.05) is 32.0 Å². The summed E-state index contributed by atoms with van der Waals surface area (Å²) < 4.78 is 2.07. The summed E-state index contributed by atoms with van der Waals surface area (Å²) in [5.41, 5.74) is 9.87. The molecule has 1 aromatic carbocycles. The standard InChI is InChI=1S/C17H20N6S/c1-19-9-10-23-12-5-4-11(20-8-6-18)17-14(12)16(22-23)15-13(24-17)3-2-7-21-15/h2-5,7,19-20H,6,8-10,18H2,1H3. The van der Waals surface area contributed by atoms with Gasteiger partial charge in [-0.2, -0.15) is 5.10 Å². The highest BCUT2D eigenvalue weighted by Crippen LogP contribution is 2.49. The van der Waals surface area contributed by atoms with Gasteiger partial charge in [-0.3, -0.25) is 9.67 Å². The van der Waals surface area contributed by atoms with Gasteiger partial charge < -0.3 is 16.4 Å². The quantitative estimate of drug-likeness (QED) is 0.499. The van der Waals surface area contributed by atoms with E-state index >= 15 is 0 Å². The van der Waals surface area contributed by atoms with Crippen molar-refractivity contribution in [1.29, 1.82) is 0 Å². The van der Waals surface area contributed by atoms with E-state index in [1.165, 1.54) is 10.3 Å². The van der Waals surface area contributed by atoms with Crippen LogP contribution >= 0.6 is 11.8 Å². The first kappa shape index (κ1) is 15.4. The summed E-state index contributed by atoms with van der Waals surface area (Å²) in [5.74, 6) is 0. The van der Waals surface area contributed by atoms with Gasteiger partial charge in [-0.25, -0.2) is 0 Å². The maximum absolute atomic E-state index is 5.66. The van der Waals surface area contributed by atoms with Crippen molar-refractivity contribution in [2.24, 2.45) is 5.73 Å². The van der Waals surface area contributed by atoms with E-state index in [9.17, 15) is 0 Å². The third kappa shape index (κ3) is 2.45. The first-order valence-corrected chi connectivity index (χ1v) is 8.90. The summed E-state index contributed by atoms with van der Waals surface area (Å²) >= 11 is 1.75. The van der Waals surface area contributed by atoms with Crippen LogP contribution in [-0.4, -0.2) is 41.4 Å². The molecule has 0 bridgehead atoms. The van der Waals surface area contributed by atoms with Gasteiger partial charge >= 0.3 is 0 Å². The van der Waals surface area contributed by atoms with Crippen molar-refractivity contribution < 1.29 is 0 Å². The molecule has 0 saturated heterocycles. The third-order valence-electron chi connectivity index (χ3n) is 4.11. The van der Waals surface area contributed by atoms with Gasteiger partial charge in [0.2, 0.25) is 0 Å². The average molecular weight is 340 g/mol. The lowest BCUT2D eigenvalue weighted by atomic mass is 10.1. The predicted octanol–water partition coefficient (Wildman–Crippen LogP) is 2.15. The predicted molar refractivity (Wildman–Crippen MR) is 98.6 cm³/mol. The van der Waals surface area contributed by atoms with E-state index in [0.29, 0.717) is 6.54 Å². The molecule has 0 spiro atoms. The van der Waals surface area contributed by atoms with Gasteiger partial charge in [-0.15, -0.1) is 0 Å². The molecule has 4 N–H and O–H groups in total. The first-order chi connectivity index (χ1) is 11.8. The Hall–Kier alpha value is -2.09. The van der Waals surface area contributed by atoms with Gasteiger partial charge in [0, 0.05) is 46.7 Å². The Morgan fingerprint density at radius 3 is 2.96 bits per heavy atom. The summed E-state index contributed by atoms with van der Waals surface area (Å²) in [6.45, 7) is 3.06. The second-order valence-corrected chi connectivity index (χ2v) is 6.73. The summed E-state index contributed by atoms with van der Waals surface area (Å²) in [4.78, 5) is 6.94. The molecular formula is C17H20N6S. The second kappa shape index (κ2) is 6.43. The molecule has 2 aromatic heterocycles. The molecule has 0 unspecified atom stereocenters. The fraction of sp³-hybridized carbons (Fsp3) is 0.294. The van der Waals surface area contributed by atoms with Crippen LogP contribution in [0.25, 0.3) is 22.3 Å². The van der Waals surface area contributed by atoms with Crippen LogP contribution in [0, 0.1) is 0 Å². The van der Waals surface area contributed by atoms with E-state index in [0.717, 1.165) is 47.1 Å². The van der Waals surface area contributed by atoms with Crippen LogP contribution in [-0.2, 0) is 6.54 Å². The molecule has 0 aliphatic carbocycles. The number of rotatable bonds is 6. The number of anilines is 1. The van der Waals surface area contributed by atoms with Gasteiger partial charge in [0.05, 0.1) is 12.1 Å². The molecular weight excluding hydrogens is 320 g/mol. The largest absolute Gasteiger partial charge is 0.383 e. The van der Waals surface area contributed by atoms with Crippen LogP contribution in [0.15, 0.2) is 40.3 Å². The van der Waals surface area contributed by atoms with Crippen molar-refractivity contribution in [3.63, 3.8) is 0 Å². The first-order valence-electron chi connectivity index (χ1n) is 8.08. The van der Waals surface area contributed by atoms with E-state index in [1.807, 2.05) is 19.3 Å². The maximum atomic E-state index is 5.66. The summed E-state index contributed by atoms with van der Waals surface area (Å²) in [6.07, 6.45) is 1.83. The molecule has 4 rings (SSSR count). The van der Waals surface area contributed by atoms with Crippen molar-refractivity contribution >= 4 is 28.4 Å². The fourth-order valence-corrected chi connectivity index (χ4v) is 4.17. The maximum Gasteiger partial charge on any atom is 0.121 e. The molecule has 0 saturated carbocycles. The number of nitrogens with one attached hydrogen (secondary N) is 2. The molecule has 124 valence electrons. The van der Waals surface area contributed by atoms with Gasteiger partial charge in [0.15, 0.2) is 0 Å². The number of nitrogens with two attached hydrogens (primary N) is 1. The molecule has 24 heavy (non-hydrogen) atoms. The minimum absolute atomic E-state index is 0.606. The van der Waals surface area contributed by atoms with Crippen LogP contribution in [0.3, 0.4) is 0 Å². The lowest BCUT2D eigenvalue weighted by Crippen LogP contribution is -2.15. The zero-order chi connectivity index (χ0) is 16.5. The lowest BCUT2D eigenvalue weighted by Gasteiger charge is -2.18. The topological polar surface area (TPSA) is 80.8 Å². The highest BCUT2D eigenvalue weighted by atomic mass is 32.2. The Labute approximate surface area is 144 Å². The van der Waals surface area contributed by atoms with Crippen molar-refractivity contribution in [3.05, 3.63) is 30.5 Å². The van der Waals surface area contributed by atoms with Crippen LogP contribution < -0.4 is 16.4 Å². The van der Waals surface area contributed by atoms with Gasteiger partial charge in [0.25, 0.3) is 0 Å². The van der Waals surface area contributed by atoms with E-state index in [4.69, 9.17) is 10.8 Å². The summed E-state index contributed by atoms with van der Waals surface area (Å²) in [7, 11) is 1.96. The van der Waals surface area contributed by atoms with Crippen LogP contribution in [0.2, 0.25) is 0 Å². The van der Waals surface area contributed by atoms with Crippen molar-refractivity contribution in [3.8, 4) is 11.4 Å². The van der Waals surface area contributed by atoms with Gasteiger partial charge in [-0.05, 0) is 31.3 Å². The highest BCUT2D eigenvalue weighted by molar-refractivity contribution is 8.00. The van der Waals surface area contributed by atoms with Gasteiger partial charge in [-0.1, -0.05) is 11.8 Å². The molecule has 0 atom stereocenters. The number of pyridine rings is 1. The van der Waals surface area contributed by atoms with Crippen LogP contribution in [0.1, 0.15) is 0 Å². The number of hydrogen-bond acceptors (Lipinski definition) is 6. The van der Waals surface area contributed by atoms with E-state index in [-0.39, 0.29) is 0 Å². The number of aromatic nitrogens is 3. The second-order valence-electron chi connectivity index (χ2n) is 5.68. The Bertz CT molecular complexity index is 888. The lowest BCUT2D eigenvalue weighted by molar-refractivity contribution is 0.602. The normalized spacial score (nSPS) is 12.4. The molecule has 3 heterocycles. The zero-order valence-electron chi connectivity index (χ0n) is 13.5. The van der Waals surface area contributed by atoms with Crippen molar-refractivity contribution in [1.82, 2.24) is 20.1 Å².